The number of likely N-dealkylation sites (tertiary alicyclic amines) is 1. The number of hydrogen-bond donors (Lipinski definition) is 1. The van der Waals surface area contributed by atoms with E-state index in [-0.39, 0.29) is 5.91 Å². The molecule has 30 heavy (non-hydrogen) atoms. The molecule has 3 heterocycles. The van der Waals surface area contributed by atoms with E-state index in [1.807, 2.05) is 48.9 Å². The van der Waals surface area contributed by atoms with Crippen molar-refractivity contribution in [1.82, 2.24) is 25.2 Å². The maximum Gasteiger partial charge on any atom is 0.227 e. The van der Waals surface area contributed by atoms with Crippen LogP contribution < -0.4 is 5.32 Å². The van der Waals surface area contributed by atoms with Gasteiger partial charge in [0, 0.05) is 44.3 Å². The van der Waals surface area contributed by atoms with Crippen LogP contribution in [0.25, 0.3) is 11.1 Å². The van der Waals surface area contributed by atoms with Crippen LogP contribution in [0.3, 0.4) is 0 Å². The lowest BCUT2D eigenvalue weighted by molar-refractivity contribution is -0.134. The molecule has 6 heteroatoms. The van der Waals surface area contributed by atoms with Crippen molar-refractivity contribution >= 4 is 5.91 Å². The number of piperidine rings is 1. The molecule has 1 fully saturated rings. The molecule has 6 nitrogen and oxygen atoms in total. The normalized spacial score (nSPS) is 19.4. The minimum atomic E-state index is -0.479. The highest BCUT2D eigenvalue weighted by atomic mass is 16.2. The summed E-state index contributed by atoms with van der Waals surface area (Å²) >= 11 is 0. The van der Waals surface area contributed by atoms with Crippen LogP contribution in [0, 0.1) is 5.41 Å². The predicted octanol–water partition coefficient (Wildman–Crippen LogP) is 3.11. The highest BCUT2D eigenvalue weighted by Crippen LogP contribution is 2.37. The minimum absolute atomic E-state index is 0.104. The van der Waals surface area contributed by atoms with Crippen molar-refractivity contribution < 1.29 is 4.79 Å². The number of benzene rings is 1. The van der Waals surface area contributed by atoms with Crippen molar-refractivity contribution in [1.29, 1.82) is 0 Å². The van der Waals surface area contributed by atoms with Crippen LogP contribution in [0.1, 0.15) is 24.1 Å². The minimum Gasteiger partial charge on any atom is -0.359 e. The lowest BCUT2D eigenvalue weighted by atomic mass is 9.73. The summed E-state index contributed by atoms with van der Waals surface area (Å²) in [5.41, 5.74) is 3.76. The van der Waals surface area contributed by atoms with Gasteiger partial charge in [-0.25, -0.2) is 9.97 Å². The molecular weight excluding hydrogens is 374 g/mol. The van der Waals surface area contributed by atoms with E-state index in [0.29, 0.717) is 13.0 Å². The van der Waals surface area contributed by atoms with Gasteiger partial charge in [-0.05, 0) is 49.1 Å². The van der Waals surface area contributed by atoms with Gasteiger partial charge in [0.25, 0.3) is 0 Å². The number of carbonyl (C=O) groups excluding carboxylic acids is 1. The standard InChI is InChI=1S/C24H27N5O/c1-25-23(30)24(10-6-12-29(17-24)16-21-8-4-5-11-28-21)13-19-7-2-3-9-22(19)20-14-26-18-27-15-20/h2-5,7-9,11,14-15,18H,6,10,12-13,16-17H2,1H3,(H,25,30)/t24-/m1/s1. The number of amides is 1. The molecule has 1 N–H and O–H groups in total. The largest absolute Gasteiger partial charge is 0.359 e. The van der Waals surface area contributed by atoms with Crippen LogP contribution >= 0.6 is 0 Å². The Kier molecular flexibility index (Phi) is 6.14. The van der Waals surface area contributed by atoms with Crippen molar-refractivity contribution in [3.05, 3.63) is 78.6 Å². The number of nitrogens with zero attached hydrogens (tertiary/aromatic N) is 4. The molecule has 1 atom stereocenters. The highest BCUT2D eigenvalue weighted by Gasteiger charge is 2.42. The molecule has 0 saturated carbocycles. The lowest BCUT2D eigenvalue weighted by Crippen LogP contribution is -2.52. The Balaban J connectivity index is 1.63. The summed E-state index contributed by atoms with van der Waals surface area (Å²) in [6.45, 7) is 2.44. The van der Waals surface area contributed by atoms with Gasteiger partial charge in [-0.3, -0.25) is 14.7 Å². The monoisotopic (exact) mass is 401 g/mol. The van der Waals surface area contributed by atoms with Gasteiger partial charge >= 0.3 is 0 Å². The van der Waals surface area contributed by atoms with E-state index in [9.17, 15) is 4.79 Å². The average Bonchev–Trinajstić information content (AvgIpc) is 2.80. The van der Waals surface area contributed by atoms with E-state index in [2.05, 4.69) is 37.3 Å². The third-order valence-corrected chi connectivity index (χ3v) is 5.89. The fourth-order valence-electron chi connectivity index (χ4n) is 4.52. The first-order valence-electron chi connectivity index (χ1n) is 10.4. The summed E-state index contributed by atoms with van der Waals surface area (Å²) in [4.78, 5) is 28.3. The Morgan fingerprint density at radius 2 is 1.93 bits per heavy atom. The number of hydrogen-bond acceptors (Lipinski definition) is 5. The lowest BCUT2D eigenvalue weighted by Gasteiger charge is -2.42. The second kappa shape index (κ2) is 9.13. The van der Waals surface area contributed by atoms with Crippen LogP contribution in [0.2, 0.25) is 0 Å². The molecule has 1 aliphatic heterocycles. The average molecular weight is 402 g/mol. The van der Waals surface area contributed by atoms with Gasteiger partial charge in [0.2, 0.25) is 5.91 Å². The van der Waals surface area contributed by atoms with Crippen LogP contribution in [0.15, 0.2) is 67.4 Å². The second-order valence-electron chi connectivity index (χ2n) is 7.96. The SMILES string of the molecule is CNC(=O)[C@@]1(Cc2ccccc2-c2cncnc2)CCCN(Cc2ccccn2)C1. The first kappa shape index (κ1) is 20.2. The molecule has 1 saturated heterocycles. The molecule has 154 valence electrons. The van der Waals surface area contributed by atoms with E-state index in [1.54, 1.807) is 7.05 Å². The first-order valence-corrected chi connectivity index (χ1v) is 10.4. The summed E-state index contributed by atoms with van der Waals surface area (Å²) < 4.78 is 0. The van der Waals surface area contributed by atoms with Crippen LogP contribution in [0.5, 0.6) is 0 Å². The molecule has 1 aliphatic rings. The van der Waals surface area contributed by atoms with E-state index >= 15 is 0 Å². The Morgan fingerprint density at radius 1 is 1.13 bits per heavy atom. The third-order valence-electron chi connectivity index (χ3n) is 5.89. The zero-order valence-corrected chi connectivity index (χ0v) is 17.3. The van der Waals surface area contributed by atoms with Gasteiger partial charge < -0.3 is 5.32 Å². The van der Waals surface area contributed by atoms with Crippen molar-refractivity contribution in [2.75, 3.05) is 20.1 Å². The fourth-order valence-corrected chi connectivity index (χ4v) is 4.52. The Morgan fingerprint density at radius 3 is 2.70 bits per heavy atom. The molecule has 1 amide bonds. The number of carbonyl (C=O) groups is 1. The molecule has 4 rings (SSSR count). The molecule has 0 unspecified atom stereocenters. The molecule has 0 radical (unpaired) electrons. The third kappa shape index (κ3) is 4.39. The second-order valence-corrected chi connectivity index (χ2v) is 7.96. The van der Waals surface area contributed by atoms with Crippen molar-refractivity contribution in [2.24, 2.45) is 5.41 Å². The molecule has 1 aromatic carbocycles. The van der Waals surface area contributed by atoms with Crippen molar-refractivity contribution in [3.63, 3.8) is 0 Å². The molecule has 0 bridgehead atoms. The van der Waals surface area contributed by atoms with Crippen LogP contribution in [-0.2, 0) is 17.8 Å². The quantitative estimate of drug-likeness (QED) is 0.687. The van der Waals surface area contributed by atoms with Gasteiger partial charge in [0.1, 0.15) is 6.33 Å². The predicted molar refractivity (Wildman–Crippen MR) is 116 cm³/mol. The highest BCUT2D eigenvalue weighted by molar-refractivity contribution is 5.83. The smallest absolute Gasteiger partial charge is 0.227 e. The zero-order chi connectivity index (χ0) is 20.8. The van der Waals surface area contributed by atoms with Crippen molar-refractivity contribution in [3.8, 4) is 11.1 Å². The molecule has 3 aromatic rings. The summed E-state index contributed by atoms with van der Waals surface area (Å²) in [6, 6.07) is 14.2. The summed E-state index contributed by atoms with van der Waals surface area (Å²) in [5.74, 6) is 0.104. The molecular formula is C24H27N5O. The summed E-state index contributed by atoms with van der Waals surface area (Å²) in [7, 11) is 1.73. The maximum atomic E-state index is 13.2. The van der Waals surface area contributed by atoms with Gasteiger partial charge in [-0.15, -0.1) is 0 Å². The fraction of sp³-hybridized carbons (Fsp3) is 0.333. The molecule has 0 aliphatic carbocycles. The number of aromatic nitrogens is 3. The van der Waals surface area contributed by atoms with E-state index < -0.39 is 5.41 Å². The first-order chi connectivity index (χ1) is 14.7. The van der Waals surface area contributed by atoms with Gasteiger partial charge in [-0.2, -0.15) is 0 Å². The number of nitrogens with one attached hydrogen (secondary N) is 1. The van der Waals surface area contributed by atoms with E-state index in [0.717, 1.165) is 48.3 Å². The van der Waals surface area contributed by atoms with Gasteiger partial charge in [-0.1, -0.05) is 30.3 Å². The zero-order valence-electron chi connectivity index (χ0n) is 17.3. The van der Waals surface area contributed by atoms with Crippen LogP contribution in [-0.4, -0.2) is 45.9 Å². The summed E-state index contributed by atoms with van der Waals surface area (Å²) in [5, 5.41) is 2.93. The Labute approximate surface area is 177 Å². The van der Waals surface area contributed by atoms with Gasteiger partial charge in [0.15, 0.2) is 0 Å². The van der Waals surface area contributed by atoms with Crippen molar-refractivity contribution in [2.45, 2.75) is 25.8 Å². The maximum absolute atomic E-state index is 13.2. The molecule has 0 spiro atoms. The Hall–Kier alpha value is -3.12. The number of rotatable bonds is 6. The summed E-state index contributed by atoms with van der Waals surface area (Å²) in [6.07, 6.45) is 9.54. The number of pyridine rings is 1. The Bertz CT molecular complexity index is 979. The van der Waals surface area contributed by atoms with E-state index in [1.165, 1.54) is 6.33 Å². The van der Waals surface area contributed by atoms with Crippen LogP contribution in [0.4, 0.5) is 0 Å². The van der Waals surface area contributed by atoms with Gasteiger partial charge in [0.05, 0.1) is 11.1 Å². The van der Waals surface area contributed by atoms with E-state index in [4.69, 9.17) is 0 Å². The topological polar surface area (TPSA) is 71.0 Å². The molecule has 2 aromatic heterocycles.